The van der Waals surface area contributed by atoms with Crippen LogP contribution in [-0.4, -0.2) is 17.3 Å². The second-order valence-corrected chi connectivity index (χ2v) is 4.32. The standard InChI is InChI=1S/C5H13INOP/c1-4(7-9-6)3-5(2)8/h4-5,7-9H,3H2,1-2H3. The van der Waals surface area contributed by atoms with Gasteiger partial charge in [-0.1, -0.05) is 0 Å². The van der Waals surface area contributed by atoms with Gasteiger partial charge in [-0.05, 0) is 42.3 Å². The van der Waals surface area contributed by atoms with E-state index in [1.54, 1.807) is 0 Å². The van der Waals surface area contributed by atoms with Crippen LogP contribution in [0.3, 0.4) is 0 Å². The number of nitrogens with one attached hydrogen (secondary N) is 1. The predicted octanol–water partition coefficient (Wildman–Crippen LogP) is 1.68. The van der Waals surface area contributed by atoms with E-state index >= 15 is 0 Å². The summed E-state index contributed by atoms with van der Waals surface area (Å²) in [4.78, 5) is 0. The average molecular weight is 261 g/mol. The van der Waals surface area contributed by atoms with Gasteiger partial charge in [0, 0.05) is 12.4 Å². The Morgan fingerprint density at radius 2 is 2.22 bits per heavy atom. The van der Waals surface area contributed by atoms with E-state index in [-0.39, 0.29) is 6.10 Å². The van der Waals surface area contributed by atoms with Gasteiger partial charge in [-0.25, -0.2) is 0 Å². The molecular formula is C5H13INOP. The Balaban J connectivity index is 3.15. The summed E-state index contributed by atoms with van der Waals surface area (Å²) < 4.78 is 0. The first-order valence-corrected chi connectivity index (χ1v) is 7.07. The fourth-order valence-electron chi connectivity index (χ4n) is 0.664. The van der Waals surface area contributed by atoms with Crippen LogP contribution in [0.2, 0.25) is 0 Å². The van der Waals surface area contributed by atoms with Crippen molar-refractivity contribution in [2.45, 2.75) is 32.4 Å². The molecule has 0 aromatic heterocycles. The van der Waals surface area contributed by atoms with Gasteiger partial charge in [0.15, 0.2) is 0 Å². The zero-order valence-corrected chi connectivity index (χ0v) is 8.84. The lowest BCUT2D eigenvalue weighted by atomic mass is 10.2. The number of aliphatic hydroxyl groups excluding tert-OH is 1. The van der Waals surface area contributed by atoms with Crippen LogP contribution in [0.5, 0.6) is 0 Å². The van der Waals surface area contributed by atoms with Crippen molar-refractivity contribution in [2.24, 2.45) is 0 Å². The second kappa shape index (κ2) is 5.83. The lowest BCUT2D eigenvalue weighted by Crippen LogP contribution is -2.21. The van der Waals surface area contributed by atoms with E-state index in [0.717, 1.165) is 12.8 Å². The van der Waals surface area contributed by atoms with Crippen molar-refractivity contribution in [3.63, 3.8) is 0 Å². The van der Waals surface area contributed by atoms with Crippen LogP contribution < -0.4 is 5.09 Å². The van der Waals surface area contributed by atoms with Crippen molar-refractivity contribution in [1.82, 2.24) is 5.09 Å². The molecule has 56 valence electrons. The third-order valence-corrected chi connectivity index (χ3v) is 2.53. The Morgan fingerprint density at radius 1 is 1.67 bits per heavy atom. The third-order valence-electron chi connectivity index (χ3n) is 0.996. The minimum Gasteiger partial charge on any atom is -0.393 e. The van der Waals surface area contributed by atoms with E-state index in [0.29, 0.717) is 6.04 Å². The number of rotatable bonds is 4. The van der Waals surface area contributed by atoms with E-state index in [1.165, 1.54) is 0 Å². The summed E-state index contributed by atoms with van der Waals surface area (Å²) in [6, 6.07) is 0.445. The van der Waals surface area contributed by atoms with E-state index in [2.05, 4.69) is 34.1 Å². The highest BCUT2D eigenvalue weighted by Gasteiger charge is 2.02. The highest BCUT2D eigenvalue weighted by atomic mass is 127. The average Bonchev–Trinajstić information content (AvgIpc) is 1.63. The van der Waals surface area contributed by atoms with Gasteiger partial charge >= 0.3 is 0 Å². The van der Waals surface area contributed by atoms with E-state index in [1.807, 2.05) is 6.92 Å². The predicted molar refractivity (Wildman–Crippen MR) is 51.2 cm³/mol. The molecular weight excluding hydrogens is 248 g/mol. The molecule has 0 amide bonds. The van der Waals surface area contributed by atoms with Crippen LogP contribution in [0.15, 0.2) is 0 Å². The molecule has 0 aromatic rings. The maximum Gasteiger partial charge on any atom is 0.0526 e. The Bertz CT molecular complexity index is 72.0. The molecule has 4 heteroatoms. The molecule has 0 bridgehead atoms. The lowest BCUT2D eigenvalue weighted by molar-refractivity contribution is 0.175. The molecule has 0 rings (SSSR count). The first-order valence-electron chi connectivity index (χ1n) is 2.96. The van der Waals surface area contributed by atoms with Crippen molar-refractivity contribution in [3.8, 4) is 0 Å². The quantitative estimate of drug-likeness (QED) is 0.596. The molecule has 0 heterocycles. The van der Waals surface area contributed by atoms with Gasteiger partial charge in [-0.3, -0.25) is 5.09 Å². The summed E-state index contributed by atoms with van der Waals surface area (Å²) in [7, 11) is 0. The molecule has 2 nitrogen and oxygen atoms in total. The van der Waals surface area contributed by atoms with Gasteiger partial charge in [-0.2, -0.15) is 0 Å². The van der Waals surface area contributed by atoms with Crippen LogP contribution in [-0.2, 0) is 0 Å². The summed E-state index contributed by atoms with van der Waals surface area (Å²) >= 11 is 2.28. The van der Waals surface area contributed by atoms with Crippen molar-refractivity contribution >= 4 is 28.4 Å². The van der Waals surface area contributed by atoms with Gasteiger partial charge in [0.2, 0.25) is 0 Å². The summed E-state index contributed by atoms with van der Waals surface area (Å²) in [5.74, 6) is 0. The molecule has 0 aliphatic rings. The summed E-state index contributed by atoms with van der Waals surface area (Å²) in [6.45, 7) is 3.90. The molecule has 0 aliphatic carbocycles. The Labute approximate surface area is 71.1 Å². The molecule has 0 saturated heterocycles. The number of hydrogen-bond donors (Lipinski definition) is 2. The fourth-order valence-corrected chi connectivity index (χ4v) is 2.56. The Morgan fingerprint density at radius 3 is 2.56 bits per heavy atom. The molecule has 0 fully saturated rings. The first-order chi connectivity index (χ1) is 4.16. The topological polar surface area (TPSA) is 32.3 Å². The smallest absolute Gasteiger partial charge is 0.0526 e. The van der Waals surface area contributed by atoms with Gasteiger partial charge in [0.1, 0.15) is 0 Å². The van der Waals surface area contributed by atoms with Crippen molar-refractivity contribution in [2.75, 3.05) is 0 Å². The monoisotopic (exact) mass is 261 g/mol. The maximum absolute atomic E-state index is 8.91. The van der Waals surface area contributed by atoms with Crippen molar-refractivity contribution in [3.05, 3.63) is 0 Å². The number of hydrogen-bond acceptors (Lipinski definition) is 2. The zero-order valence-electron chi connectivity index (χ0n) is 5.69. The van der Waals surface area contributed by atoms with Crippen molar-refractivity contribution < 1.29 is 5.11 Å². The van der Waals surface area contributed by atoms with Crippen LogP contribution in [0.25, 0.3) is 0 Å². The van der Waals surface area contributed by atoms with E-state index in [9.17, 15) is 0 Å². The van der Waals surface area contributed by atoms with Crippen LogP contribution >= 0.6 is 28.4 Å². The SMILES string of the molecule is CC(O)CC(C)NPI. The fraction of sp³-hybridized carbons (Fsp3) is 1.00. The Hall–Kier alpha value is 1.08. The molecule has 0 saturated carbocycles. The normalized spacial score (nSPS) is 18.7. The first kappa shape index (κ1) is 10.1. The van der Waals surface area contributed by atoms with Crippen LogP contribution in [0.4, 0.5) is 0 Å². The Kier molecular flexibility index (Phi) is 6.53. The van der Waals surface area contributed by atoms with Gasteiger partial charge in [0.25, 0.3) is 0 Å². The van der Waals surface area contributed by atoms with Crippen molar-refractivity contribution in [1.29, 1.82) is 0 Å². The highest BCUT2D eigenvalue weighted by Crippen LogP contribution is 2.16. The molecule has 0 aromatic carbocycles. The molecule has 9 heavy (non-hydrogen) atoms. The summed E-state index contributed by atoms with van der Waals surface area (Å²) in [5, 5.41) is 12.1. The molecule has 0 radical (unpaired) electrons. The van der Waals surface area contributed by atoms with Gasteiger partial charge in [0.05, 0.1) is 6.10 Å². The molecule has 3 unspecified atom stereocenters. The molecule has 2 N–H and O–H groups in total. The minimum atomic E-state index is -0.180. The highest BCUT2D eigenvalue weighted by molar-refractivity contribution is 14.2. The largest absolute Gasteiger partial charge is 0.393 e. The van der Waals surface area contributed by atoms with Crippen LogP contribution in [0.1, 0.15) is 20.3 Å². The summed E-state index contributed by atoms with van der Waals surface area (Å²) in [6.07, 6.45) is 1.41. The van der Waals surface area contributed by atoms with Crippen LogP contribution in [0, 0.1) is 0 Å². The maximum atomic E-state index is 8.91. The van der Waals surface area contributed by atoms with Gasteiger partial charge in [-0.15, -0.1) is 0 Å². The molecule has 0 spiro atoms. The van der Waals surface area contributed by atoms with E-state index < -0.39 is 0 Å². The molecule has 3 atom stereocenters. The third kappa shape index (κ3) is 6.97. The second-order valence-electron chi connectivity index (χ2n) is 2.22. The van der Waals surface area contributed by atoms with Gasteiger partial charge < -0.3 is 5.11 Å². The number of aliphatic hydroxyl groups is 1. The van der Waals surface area contributed by atoms with E-state index in [4.69, 9.17) is 5.11 Å². The minimum absolute atomic E-state index is 0.180. The lowest BCUT2D eigenvalue weighted by Gasteiger charge is -2.12. The number of halogens is 1. The zero-order chi connectivity index (χ0) is 7.28. The summed E-state index contributed by atoms with van der Waals surface area (Å²) in [5.41, 5.74) is 0. The molecule has 0 aliphatic heterocycles.